The molecule has 194 valence electrons. The molecule has 0 saturated carbocycles. The number of imidazole rings is 1. The van der Waals surface area contributed by atoms with Crippen molar-refractivity contribution >= 4 is 60.3 Å². The Kier molecular flexibility index (Phi) is 7.78. The van der Waals surface area contributed by atoms with Gasteiger partial charge in [-0.2, -0.15) is 0 Å². The second kappa shape index (κ2) is 10.4. The van der Waals surface area contributed by atoms with Crippen LogP contribution in [0.15, 0.2) is 35.3 Å². The molecule has 6 nitrogen and oxygen atoms in total. The molecule has 0 aliphatic rings. The third-order valence-corrected chi connectivity index (χ3v) is 9.99. The minimum absolute atomic E-state index is 0.147. The van der Waals surface area contributed by atoms with Crippen LogP contribution in [-0.2, 0) is 22.9 Å². The number of pyridine rings is 1. The summed E-state index contributed by atoms with van der Waals surface area (Å²) in [6.07, 6.45) is 1.71. The highest BCUT2D eigenvalue weighted by Crippen LogP contribution is 2.35. The van der Waals surface area contributed by atoms with Crippen LogP contribution in [0.5, 0.6) is 0 Å². The Labute approximate surface area is 218 Å². The van der Waals surface area contributed by atoms with Crippen LogP contribution < -0.4 is 5.56 Å². The number of benzene rings is 2. The molecule has 0 fully saturated rings. The van der Waals surface area contributed by atoms with Crippen LogP contribution in [0.2, 0.25) is 56.7 Å². The first kappa shape index (κ1) is 27.0. The zero-order chi connectivity index (χ0) is 26.3. The summed E-state index contributed by atoms with van der Waals surface area (Å²) in [5.41, 5.74) is 1.10. The third-order valence-electron chi connectivity index (χ3n) is 6.29. The van der Waals surface area contributed by atoms with Crippen molar-refractivity contribution in [3.8, 4) is 0 Å². The molecule has 0 radical (unpaired) electrons. The molecule has 2 heterocycles. The predicted octanol–water partition coefficient (Wildman–Crippen LogP) is 6.92. The zero-order valence-electron chi connectivity index (χ0n) is 22.0. The molecule has 10 heteroatoms. The van der Waals surface area contributed by atoms with E-state index in [1.54, 1.807) is 16.8 Å². The predicted molar refractivity (Wildman–Crippen MR) is 152 cm³/mol. The fraction of sp³-hybridized carbons (Fsp3) is 0.462. The van der Waals surface area contributed by atoms with Crippen LogP contribution in [0.3, 0.4) is 0 Å². The van der Waals surface area contributed by atoms with Gasteiger partial charge in [-0.3, -0.25) is 13.9 Å². The number of nitrogens with zero attached hydrogens (tertiary/aromatic N) is 3. The molecule has 36 heavy (non-hydrogen) atoms. The van der Waals surface area contributed by atoms with Crippen LogP contribution >= 0.6 is 11.6 Å². The van der Waals surface area contributed by atoms with Crippen LogP contribution in [0.4, 0.5) is 4.39 Å². The molecular formula is C26H35ClFN3O3Si2. The second-order valence-electron chi connectivity index (χ2n) is 11.8. The highest BCUT2D eigenvalue weighted by molar-refractivity contribution is 6.76. The van der Waals surface area contributed by atoms with Gasteiger partial charge in [0.2, 0.25) is 5.28 Å². The van der Waals surface area contributed by atoms with Crippen molar-refractivity contribution in [3.05, 3.63) is 51.9 Å². The Balaban J connectivity index is 1.79. The molecule has 2 aromatic carbocycles. The summed E-state index contributed by atoms with van der Waals surface area (Å²) in [4.78, 5) is 18.2. The van der Waals surface area contributed by atoms with Crippen molar-refractivity contribution in [2.45, 2.75) is 64.8 Å². The van der Waals surface area contributed by atoms with Crippen molar-refractivity contribution in [2.24, 2.45) is 0 Å². The molecule has 0 N–H and O–H groups in total. The fourth-order valence-electron chi connectivity index (χ4n) is 4.14. The molecular weight excluding hydrogens is 513 g/mol. The largest absolute Gasteiger partial charge is 0.361 e. The molecule has 0 aliphatic carbocycles. The normalized spacial score (nSPS) is 12.9. The quantitative estimate of drug-likeness (QED) is 0.123. The van der Waals surface area contributed by atoms with Crippen LogP contribution in [0, 0.1) is 5.82 Å². The lowest BCUT2D eigenvalue weighted by Crippen LogP contribution is -2.24. The number of fused-ring (bicyclic) bond motifs is 6. The third kappa shape index (κ3) is 5.91. The fourth-order valence-corrected chi connectivity index (χ4v) is 5.87. The van der Waals surface area contributed by atoms with E-state index in [1.165, 1.54) is 16.7 Å². The van der Waals surface area contributed by atoms with Crippen molar-refractivity contribution in [3.63, 3.8) is 0 Å². The molecule has 0 aliphatic heterocycles. The Morgan fingerprint density at radius 1 is 0.917 bits per heavy atom. The molecule has 4 aromatic rings. The first-order valence-electron chi connectivity index (χ1n) is 12.3. The van der Waals surface area contributed by atoms with Gasteiger partial charge in [0.15, 0.2) is 0 Å². The molecule has 0 unspecified atom stereocenters. The van der Waals surface area contributed by atoms with Gasteiger partial charge in [-0.15, -0.1) is 0 Å². The van der Waals surface area contributed by atoms with E-state index in [-0.39, 0.29) is 24.3 Å². The van der Waals surface area contributed by atoms with Crippen LogP contribution in [-0.4, -0.2) is 43.5 Å². The van der Waals surface area contributed by atoms with Gasteiger partial charge < -0.3 is 9.47 Å². The van der Waals surface area contributed by atoms with E-state index in [0.717, 1.165) is 17.6 Å². The highest BCUT2D eigenvalue weighted by atomic mass is 35.5. The number of aromatic nitrogens is 3. The maximum atomic E-state index is 14.4. The van der Waals surface area contributed by atoms with E-state index in [9.17, 15) is 9.18 Å². The van der Waals surface area contributed by atoms with Crippen molar-refractivity contribution in [1.82, 2.24) is 14.1 Å². The Hall–Kier alpha value is -2.05. The first-order valence-corrected chi connectivity index (χ1v) is 20.1. The van der Waals surface area contributed by atoms with E-state index >= 15 is 0 Å². The molecule has 4 rings (SSSR count). The van der Waals surface area contributed by atoms with E-state index in [4.69, 9.17) is 21.1 Å². The lowest BCUT2D eigenvalue weighted by atomic mass is 10.0. The molecule has 2 aromatic heterocycles. The van der Waals surface area contributed by atoms with Gasteiger partial charge >= 0.3 is 0 Å². The number of ether oxygens (including phenoxy) is 2. The van der Waals surface area contributed by atoms with Gasteiger partial charge in [0.25, 0.3) is 5.56 Å². The Bertz CT molecular complexity index is 1470. The lowest BCUT2D eigenvalue weighted by molar-refractivity contribution is 0.0851. The lowest BCUT2D eigenvalue weighted by Gasteiger charge is -2.17. The smallest absolute Gasteiger partial charge is 0.261 e. The maximum absolute atomic E-state index is 14.4. The van der Waals surface area contributed by atoms with Crippen molar-refractivity contribution in [2.75, 3.05) is 13.2 Å². The molecule has 0 amide bonds. The Morgan fingerprint density at radius 2 is 1.56 bits per heavy atom. The van der Waals surface area contributed by atoms with Crippen molar-refractivity contribution < 1.29 is 13.9 Å². The van der Waals surface area contributed by atoms with E-state index in [1.807, 2.05) is 6.07 Å². The summed E-state index contributed by atoms with van der Waals surface area (Å²) < 4.78 is 29.5. The monoisotopic (exact) mass is 547 g/mol. The molecule has 0 bridgehead atoms. The molecule has 0 atom stereocenters. The maximum Gasteiger partial charge on any atom is 0.261 e. The number of hydrogen-bond acceptors (Lipinski definition) is 4. The summed E-state index contributed by atoms with van der Waals surface area (Å²) in [7, 11) is -2.47. The van der Waals surface area contributed by atoms with Gasteiger partial charge in [-0.05, 0) is 48.0 Å². The first-order chi connectivity index (χ1) is 16.9. The number of rotatable bonds is 10. The Morgan fingerprint density at radius 3 is 2.19 bits per heavy atom. The van der Waals surface area contributed by atoms with E-state index in [0.29, 0.717) is 40.3 Å². The van der Waals surface area contributed by atoms with Gasteiger partial charge in [0, 0.05) is 51.7 Å². The van der Waals surface area contributed by atoms with Gasteiger partial charge in [0.05, 0.1) is 16.4 Å². The average Bonchev–Trinajstić information content (AvgIpc) is 3.10. The van der Waals surface area contributed by atoms with E-state index in [2.05, 4.69) is 44.3 Å². The van der Waals surface area contributed by atoms with E-state index < -0.39 is 22.0 Å². The number of halogens is 2. The van der Waals surface area contributed by atoms with Crippen molar-refractivity contribution in [1.29, 1.82) is 0 Å². The van der Waals surface area contributed by atoms with Gasteiger partial charge in [-0.1, -0.05) is 39.3 Å². The molecule has 0 spiro atoms. The summed E-state index contributed by atoms with van der Waals surface area (Å²) >= 11 is 6.57. The number of hydrogen-bond donors (Lipinski definition) is 0. The van der Waals surface area contributed by atoms with Gasteiger partial charge in [-0.25, -0.2) is 9.37 Å². The minimum Gasteiger partial charge on any atom is -0.361 e. The van der Waals surface area contributed by atoms with Gasteiger partial charge in [0.1, 0.15) is 19.3 Å². The summed E-state index contributed by atoms with van der Waals surface area (Å²) in [5, 5.41) is 2.55. The second-order valence-corrected chi connectivity index (χ2v) is 23.4. The van der Waals surface area contributed by atoms with Crippen LogP contribution in [0.1, 0.15) is 0 Å². The van der Waals surface area contributed by atoms with Crippen LogP contribution in [0.25, 0.3) is 32.6 Å². The minimum atomic E-state index is -1.24. The summed E-state index contributed by atoms with van der Waals surface area (Å²) in [6.45, 7) is 15.4. The summed E-state index contributed by atoms with van der Waals surface area (Å²) in [5.74, 6) is -0.409. The topological polar surface area (TPSA) is 58.3 Å². The highest BCUT2D eigenvalue weighted by Gasteiger charge is 2.20. The summed E-state index contributed by atoms with van der Waals surface area (Å²) in [6, 6.07) is 8.37. The standard InChI is InChI=1S/C26H35ClFN3O3Si2/c1-35(2,3)13-11-33-16-30-10-9-20-22(25(30)32)21-15-18(28)7-8-19(21)24-23(20)29-26(27)31(24)17-34-12-14-36(4,5)6/h7-10,15H,11-14,16-17H2,1-6H3. The SMILES string of the molecule is C[Si](C)(C)CCOCn1ccc2c3nc(Cl)n(COCC[Si](C)(C)C)c3c3ccc(F)cc3c2c1=O. The molecule has 0 saturated heterocycles. The zero-order valence-corrected chi connectivity index (χ0v) is 24.7. The average molecular weight is 548 g/mol.